The molecule has 0 fully saturated rings. The van der Waals surface area contributed by atoms with E-state index in [9.17, 15) is 5.11 Å². The maximum absolute atomic E-state index is 9.19. The van der Waals surface area contributed by atoms with Crippen LogP contribution < -0.4 is 5.32 Å². The van der Waals surface area contributed by atoms with Gasteiger partial charge < -0.3 is 14.8 Å². The number of nitrogens with zero attached hydrogens (tertiary/aromatic N) is 2. The van der Waals surface area contributed by atoms with Gasteiger partial charge in [0.25, 0.3) is 0 Å². The summed E-state index contributed by atoms with van der Waals surface area (Å²) in [6, 6.07) is 9.50. The van der Waals surface area contributed by atoms with Crippen LogP contribution in [0.5, 0.6) is 0 Å². The summed E-state index contributed by atoms with van der Waals surface area (Å²) < 4.78 is 2.06. The lowest BCUT2D eigenvalue weighted by Crippen LogP contribution is -2.03. The van der Waals surface area contributed by atoms with Gasteiger partial charge in [-0.05, 0) is 36.2 Å². The van der Waals surface area contributed by atoms with Crippen molar-refractivity contribution < 1.29 is 5.11 Å². The van der Waals surface area contributed by atoms with E-state index in [-0.39, 0.29) is 6.61 Å². The summed E-state index contributed by atoms with van der Waals surface area (Å²) in [6.45, 7) is 2.65. The summed E-state index contributed by atoms with van der Waals surface area (Å²) in [4.78, 5) is 4.44. The van der Waals surface area contributed by atoms with Crippen LogP contribution in [-0.4, -0.2) is 14.5 Å². The Labute approximate surface area is 128 Å². The molecule has 0 amide bonds. The molecule has 0 aliphatic rings. The predicted octanol–water partition coefficient (Wildman–Crippen LogP) is 3.40. The first-order valence-electron chi connectivity index (χ1n) is 6.74. The molecule has 0 saturated carbocycles. The van der Waals surface area contributed by atoms with Crippen molar-refractivity contribution >= 4 is 22.9 Å². The SMILES string of the molecule is Cc1cccn2c(CNc3cc(CO)ccc3Cl)cnc12. The Morgan fingerprint density at radius 3 is 3.00 bits per heavy atom. The molecule has 2 heterocycles. The van der Waals surface area contributed by atoms with Crippen LogP contribution in [0.1, 0.15) is 16.8 Å². The van der Waals surface area contributed by atoms with Crippen LogP contribution in [0.25, 0.3) is 5.65 Å². The minimum Gasteiger partial charge on any atom is -0.392 e. The molecule has 3 rings (SSSR count). The Morgan fingerprint density at radius 2 is 2.19 bits per heavy atom. The van der Waals surface area contributed by atoms with Crippen LogP contribution in [0, 0.1) is 6.92 Å². The van der Waals surface area contributed by atoms with Gasteiger partial charge in [0.15, 0.2) is 0 Å². The van der Waals surface area contributed by atoms with Gasteiger partial charge in [0, 0.05) is 6.20 Å². The number of aliphatic hydroxyl groups is 1. The van der Waals surface area contributed by atoms with E-state index in [2.05, 4.69) is 14.7 Å². The van der Waals surface area contributed by atoms with Gasteiger partial charge in [0.05, 0.1) is 35.8 Å². The number of fused-ring (bicyclic) bond motifs is 1. The van der Waals surface area contributed by atoms with Gasteiger partial charge in [-0.25, -0.2) is 4.98 Å². The Morgan fingerprint density at radius 1 is 1.33 bits per heavy atom. The third kappa shape index (κ3) is 2.73. The number of hydrogen-bond acceptors (Lipinski definition) is 3. The van der Waals surface area contributed by atoms with E-state index < -0.39 is 0 Å². The fraction of sp³-hybridized carbons (Fsp3) is 0.188. The number of hydrogen-bond donors (Lipinski definition) is 2. The molecule has 3 aromatic rings. The van der Waals surface area contributed by atoms with E-state index in [1.165, 1.54) is 0 Å². The van der Waals surface area contributed by atoms with E-state index in [1.54, 1.807) is 6.07 Å². The van der Waals surface area contributed by atoms with Gasteiger partial charge in [-0.2, -0.15) is 0 Å². The molecule has 5 heteroatoms. The van der Waals surface area contributed by atoms with Gasteiger partial charge in [-0.15, -0.1) is 0 Å². The molecular formula is C16H16ClN3O. The summed E-state index contributed by atoms with van der Waals surface area (Å²) in [5.41, 5.74) is 4.80. The Hall–Kier alpha value is -2.04. The number of anilines is 1. The predicted molar refractivity (Wildman–Crippen MR) is 84.6 cm³/mol. The molecule has 0 saturated heterocycles. The Kier molecular flexibility index (Phi) is 3.82. The van der Waals surface area contributed by atoms with Crippen LogP contribution in [0.15, 0.2) is 42.7 Å². The second-order valence-electron chi connectivity index (χ2n) is 4.96. The fourth-order valence-electron chi connectivity index (χ4n) is 2.33. The lowest BCUT2D eigenvalue weighted by atomic mass is 10.2. The average Bonchev–Trinajstić information content (AvgIpc) is 2.91. The number of aromatic nitrogens is 2. The van der Waals surface area contributed by atoms with Crippen molar-refractivity contribution in [2.24, 2.45) is 0 Å². The second-order valence-corrected chi connectivity index (χ2v) is 5.37. The Balaban J connectivity index is 1.85. The van der Waals surface area contributed by atoms with Crippen LogP contribution >= 0.6 is 11.6 Å². The van der Waals surface area contributed by atoms with E-state index in [0.717, 1.165) is 28.2 Å². The number of aliphatic hydroxyl groups excluding tert-OH is 1. The topological polar surface area (TPSA) is 49.6 Å². The highest BCUT2D eigenvalue weighted by Crippen LogP contribution is 2.24. The molecule has 0 unspecified atom stereocenters. The van der Waals surface area contributed by atoms with Crippen molar-refractivity contribution in [3.63, 3.8) is 0 Å². The standard InChI is InChI=1S/C16H16ClN3O/c1-11-3-2-6-20-13(9-19-16(11)20)8-18-15-7-12(10-21)4-5-14(15)17/h2-7,9,18,21H,8,10H2,1H3. The fourth-order valence-corrected chi connectivity index (χ4v) is 2.51. The quantitative estimate of drug-likeness (QED) is 0.776. The van der Waals surface area contributed by atoms with Crippen molar-refractivity contribution in [3.05, 3.63) is 64.6 Å². The van der Waals surface area contributed by atoms with Crippen molar-refractivity contribution in [2.75, 3.05) is 5.32 Å². The highest BCUT2D eigenvalue weighted by atomic mass is 35.5. The van der Waals surface area contributed by atoms with Crippen molar-refractivity contribution in [3.8, 4) is 0 Å². The van der Waals surface area contributed by atoms with E-state index >= 15 is 0 Å². The summed E-state index contributed by atoms with van der Waals surface area (Å²) in [7, 11) is 0. The van der Waals surface area contributed by atoms with E-state index in [0.29, 0.717) is 11.6 Å². The number of nitrogens with one attached hydrogen (secondary N) is 1. The smallest absolute Gasteiger partial charge is 0.139 e. The molecule has 0 bridgehead atoms. The average molecular weight is 302 g/mol. The summed E-state index contributed by atoms with van der Waals surface area (Å²) in [5, 5.41) is 13.1. The van der Waals surface area contributed by atoms with E-state index in [4.69, 9.17) is 11.6 Å². The number of benzene rings is 1. The maximum Gasteiger partial charge on any atom is 0.139 e. The first-order valence-corrected chi connectivity index (χ1v) is 7.11. The molecule has 0 aliphatic carbocycles. The van der Waals surface area contributed by atoms with Gasteiger partial charge in [0.2, 0.25) is 0 Å². The molecule has 0 spiro atoms. The largest absolute Gasteiger partial charge is 0.392 e. The molecule has 0 radical (unpaired) electrons. The summed E-state index contributed by atoms with van der Waals surface area (Å²) in [6.07, 6.45) is 3.86. The molecule has 4 nitrogen and oxygen atoms in total. The minimum atomic E-state index is 0.000652. The van der Waals surface area contributed by atoms with Gasteiger partial charge in [-0.3, -0.25) is 0 Å². The van der Waals surface area contributed by atoms with Crippen molar-refractivity contribution in [1.29, 1.82) is 0 Å². The molecule has 21 heavy (non-hydrogen) atoms. The van der Waals surface area contributed by atoms with Gasteiger partial charge in [0.1, 0.15) is 5.65 Å². The van der Waals surface area contributed by atoms with Crippen LogP contribution in [0.3, 0.4) is 0 Å². The highest BCUT2D eigenvalue weighted by Gasteiger charge is 2.06. The van der Waals surface area contributed by atoms with Gasteiger partial charge in [-0.1, -0.05) is 23.7 Å². The first-order chi connectivity index (χ1) is 10.2. The number of halogens is 1. The van der Waals surface area contributed by atoms with Crippen molar-refractivity contribution in [2.45, 2.75) is 20.1 Å². The van der Waals surface area contributed by atoms with Gasteiger partial charge >= 0.3 is 0 Å². The molecular weight excluding hydrogens is 286 g/mol. The number of imidazole rings is 1. The molecule has 2 aromatic heterocycles. The summed E-state index contributed by atoms with van der Waals surface area (Å²) in [5.74, 6) is 0. The minimum absolute atomic E-state index is 0.000652. The van der Waals surface area contributed by atoms with Crippen LogP contribution in [0.4, 0.5) is 5.69 Å². The monoisotopic (exact) mass is 301 g/mol. The zero-order valence-electron chi connectivity index (χ0n) is 11.7. The zero-order valence-corrected chi connectivity index (χ0v) is 12.4. The normalized spacial score (nSPS) is 11.0. The summed E-state index contributed by atoms with van der Waals surface area (Å²) >= 11 is 6.17. The lowest BCUT2D eigenvalue weighted by molar-refractivity contribution is 0.282. The number of aryl methyl sites for hydroxylation is 1. The van der Waals surface area contributed by atoms with Crippen LogP contribution in [0.2, 0.25) is 5.02 Å². The number of rotatable bonds is 4. The third-order valence-electron chi connectivity index (χ3n) is 3.48. The van der Waals surface area contributed by atoms with Crippen LogP contribution in [-0.2, 0) is 13.2 Å². The van der Waals surface area contributed by atoms with E-state index in [1.807, 2.05) is 43.6 Å². The first kappa shape index (κ1) is 13.9. The maximum atomic E-state index is 9.19. The number of pyridine rings is 1. The molecule has 0 aliphatic heterocycles. The molecule has 0 atom stereocenters. The highest BCUT2D eigenvalue weighted by molar-refractivity contribution is 6.33. The molecule has 1 aromatic carbocycles. The second kappa shape index (κ2) is 5.76. The third-order valence-corrected chi connectivity index (χ3v) is 3.81. The zero-order chi connectivity index (χ0) is 14.8. The Bertz CT molecular complexity index is 782. The van der Waals surface area contributed by atoms with Crippen molar-refractivity contribution in [1.82, 2.24) is 9.38 Å². The molecule has 2 N–H and O–H groups in total. The lowest BCUT2D eigenvalue weighted by Gasteiger charge is -2.10. The molecule has 108 valence electrons.